The van der Waals surface area contributed by atoms with Gasteiger partial charge in [0.1, 0.15) is 0 Å². The molecule has 0 heterocycles. The molecule has 0 unspecified atom stereocenters. The van der Waals surface area contributed by atoms with Crippen LogP contribution in [0.15, 0.2) is 59.9 Å². The third-order valence-corrected chi connectivity index (χ3v) is 10.3. The number of rotatable bonds is 6. The lowest BCUT2D eigenvalue weighted by Crippen LogP contribution is -2.42. The Bertz CT molecular complexity index is 683. The van der Waals surface area contributed by atoms with Gasteiger partial charge in [0.15, 0.2) is 16.6 Å². The lowest BCUT2D eigenvalue weighted by molar-refractivity contribution is 0.571. The Morgan fingerprint density at radius 1 is 0.640 bits per heavy atom. The van der Waals surface area contributed by atoms with E-state index in [0.717, 1.165) is 21.2 Å². The van der Waals surface area contributed by atoms with Gasteiger partial charge < -0.3 is 4.12 Å². The molecule has 0 saturated carbocycles. The van der Waals surface area contributed by atoms with Crippen molar-refractivity contribution in [1.29, 1.82) is 0 Å². The predicted octanol–water partition coefficient (Wildman–Crippen LogP) is 7.23. The maximum Gasteiger partial charge on any atom is 0.198 e. The zero-order valence-corrected chi connectivity index (χ0v) is 18.6. The molecule has 132 valence electrons. The van der Waals surface area contributed by atoms with E-state index in [-0.39, 0.29) is 0 Å². The van der Waals surface area contributed by atoms with Gasteiger partial charge in [-0.05, 0) is 61.6 Å². The summed E-state index contributed by atoms with van der Waals surface area (Å²) in [5.74, 6) is 0. The Labute approximate surface area is 163 Å². The molecule has 0 spiro atoms. The van der Waals surface area contributed by atoms with E-state index in [9.17, 15) is 0 Å². The van der Waals surface area contributed by atoms with Crippen LogP contribution in [0.2, 0.25) is 36.2 Å². The molecule has 0 aliphatic rings. The first-order valence-electron chi connectivity index (χ1n) is 8.25. The smallest absolute Gasteiger partial charge is 0.198 e. The molecule has 0 saturated heterocycles. The van der Waals surface area contributed by atoms with E-state index in [2.05, 4.69) is 49.7 Å². The second-order valence-electron chi connectivity index (χ2n) is 7.08. The standard InChI is InChI=1S/C20H24Cl2OSi2/c1-24(2,15-13-17-5-9-19(21)10-6-17)23-25(3,4)16-14-18-7-11-20(22)12-8-18/h5-16H,1-4H3/b15-13+,16-14+. The van der Waals surface area contributed by atoms with E-state index >= 15 is 0 Å². The molecule has 0 bridgehead atoms. The molecule has 0 amide bonds. The van der Waals surface area contributed by atoms with Crippen molar-refractivity contribution >= 4 is 52.0 Å². The van der Waals surface area contributed by atoms with Crippen LogP contribution in [0.25, 0.3) is 12.2 Å². The number of halogens is 2. The Balaban J connectivity index is 2.03. The molecule has 0 atom stereocenters. The Morgan fingerprint density at radius 2 is 0.960 bits per heavy atom. The third kappa shape index (κ3) is 7.34. The maximum absolute atomic E-state index is 6.57. The number of benzene rings is 2. The van der Waals surface area contributed by atoms with Crippen molar-refractivity contribution in [2.24, 2.45) is 0 Å². The molecule has 25 heavy (non-hydrogen) atoms. The third-order valence-electron chi connectivity index (χ3n) is 3.62. The summed E-state index contributed by atoms with van der Waals surface area (Å²) < 4.78 is 6.57. The molecule has 5 heteroatoms. The summed E-state index contributed by atoms with van der Waals surface area (Å²) in [6.07, 6.45) is 4.27. The fourth-order valence-electron chi connectivity index (χ4n) is 2.49. The van der Waals surface area contributed by atoms with Crippen LogP contribution < -0.4 is 0 Å². The first-order valence-corrected chi connectivity index (χ1v) is 15.0. The summed E-state index contributed by atoms with van der Waals surface area (Å²) in [6, 6.07) is 15.7. The number of hydrogen-bond donors (Lipinski definition) is 0. The van der Waals surface area contributed by atoms with E-state index in [4.69, 9.17) is 27.3 Å². The highest BCUT2D eigenvalue weighted by molar-refractivity contribution is 6.90. The van der Waals surface area contributed by atoms with Gasteiger partial charge in [0.2, 0.25) is 0 Å². The van der Waals surface area contributed by atoms with Crippen LogP contribution in [0.5, 0.6) is 0 Å². The average Bonchev–Trinajstić information content (AvgIpc) is 2.53. The van der Waals surface area contributed by atoms with E-state index in [1.807, 2.05) is 48.5 Å². The molecule has 0 fully saturated rings. The van der Waals surface area contributed by atoms with Crippen LogP contribution in [0, 0.1) is 0 Å². The quantitative estimate of drug-likeness (QED) is 0.459. The van der Waals surface area contributed by atoms with Crippen molar-refractivity contribution in [3.63, 3.8) is 0 Å². The van der Waals surface area contributed by atoms with Gasteiger partial charge in [0.05, 0.1) is 0 Å². The highest BCUT2D eigenvalue weighted by Crippen LogP contribution is 2.20. The van der Waals surface area contributed by atoms with Crippen LogP contribution in [-0.2, 0) is 4.12 Å². The van der Waals surface area contributed by atoms with Gasteiger partial charge in [-0.2, -0.15) is 0 Å². The summed E-state index contributed by atoms with van der Waals surface area (Å²) >= 11 is 11.9. The largest absolute Gasteiger partial charge is 0.449 e. The van der Waals surface area contributed by atoms with Crippen molar-refractivity contribution < 1.29 is 4.12 Å². The predicted molar refractivity (Wildman–Crippen MR) is 117 cm³/mol. The minimum Gasteiger partial charge on any atom is -0.449 e. The molecule has 2 aromatic carbocycles. The summed E-state index contributed by atoms with van der Waals surface area (Å²) in [7, 11) is -3.81. The minimum atomic E-state index is -1.91. The first kappa shape index (κ1) is 20.2. The average molecular weight is 407 g/mol. The number of hydrogen-bond acceptors (Lipinski definition) is 1. The van der Waals surface area contributed by atoms with Gasteiger partial charge in [-0.15, -0.1) is 0 Å². The fourth-order valence-corrected chi connectivity index (χ4v) is 9.90. The van der Waals surface area contributed by atoms with Gasteiger partial charge in [0, 0.05) is 10.0 Å². The van der Waals surface area contributed by atoms with Crippen LogP contribution in [-0.4, -0.2) is 16.6 Å². The van der Waals surface area contributed by atoms with E-state index < -0.39 is 16.6 Å². The molecule has 1 nitrogen and oxygen atoms in total. The molecular weight excluding hydrogens is 383 g/mol. The Morgan fingerprint density at radius 3 is 1.28 bits per heavy atom. The molecule has 0 aromatic heterocycles. The van der Waals surface area contributed by atoms with Gasteiger partial charge in [0.25, 0.3) is 0 Å². The highest BCUT2D eigenvalue weighted by Gasteiger charge is 2.29. The lowest BCUT2D eigenvalue weighted by Gasteiger charge is -2.29. The molecule has 0 N–H and O–H groups in total. The zero-order valence-electron chi connectivity index (χ0n) is 15.1. The molecule has 2 aromatic rings. The minimum absolute atomic E-state index is 0.755. The van der Waals surface area contributed by atoms with E-state index in [1.54, 1.807) is 0 Å². The van der Waals surface area contributed by atoms with Crippen LogP contribution in [0.3, 0.4) is 0 Å². The van der Waals surface area contributed by atoms with E-state index in [0.29, 0.717) is 0 Å². The van der Waals surface area contributed by atoms with Gasteiger partial charge in [-0.3, -0.25) is 0 Å². The maximum atomic E-state index is 6.57. The summed E-state index contributed by atoms with van der Waals surface area (Å²) in [5.41, 5.74) is 6.76. The zero-order chi connectivity index (χ0) is 18.5. The molecule has 0 radical (unpaired) electrons. The fraction of sp³-hybridized carbons (Fsp3) is 0.200. The molecule has 0 aliphatic carbocycles. The first-order chi connectivity index (χ1) is 11.7. The summed E-state index contributed by atoms with van der Waals surface area (Å²) in [5, 5.41) is 1.51. The topological polar surface area (TPSA) is 9.23 Å². The van der Waals surface area contributed by atoms with Crippen LogP contribution in [0.4, 0.5) is 0 Å². The van der Waals surface area contributed by atoms with Gasteiger partial charge >= 0.3 is 0 Å². The van der Waals surface area contributed by atoms with Crippen molar-refractivity contribution in [1.82, 2.24) is 0 Å². The highest BCUT2D eigenvalue weighted by atomic mass is 35.5. The van der Waals surface area contributed by atoms with E-state index in [1.165, 1.54) is 0 Å². The van der Waals surface area contributed by atoms with Crippen LogP contribution in [0.1, 0.15) is 11.1 Å². The van der Waals surface area contributed by atoms with Crippen molar-refractivity contribution in [3.05, 3.63) is 81.1 Å². The second kappa shape index (κ2) is 8.52. The van der Waals surface area contributed by atoms with Crippen molar-refractivity contribution in [2.75, 3.05) is 0 Å². The SMILES string of the molecule is C[Si](C)(/C=C/c1ccc(Cl)cc1)O[Si](C)(C)/C=C/c1ccc(Cl)cc1. The molecule has 2 rings (SSSR count). The molecule has 0 aliphatic heterocycles. The summed E-state index contributed by atoms with van der Waals surface area (Å²) in [6.45, 7) is 8.91. The normalized spacial score (nSPS) is 13.0. The monoisotopic (exact) mass is 406 g/mol. The lowest BCUT2D eigenvalue weighted by atomic mass is 10.2. The van der Waals surface area contributed by atoms with Crippen LogP contribution >= 0.6 is 23.2 Å². The Hall–Kier alpha value is -1.11. The van der Waals surface area contributed by atoms with Gasteiger partial charge in [-0.25, -0.2) is 0 Å². The second-order valence-corrected chi connectivity index (χ2v) is 15.8. The van der Waals surface area contributed by atoms with Crippen molar-refractivity contribution in [3.8, 4) is 0 Å². The van der Waals surface area contributed by atoms with Gasteiger partial charge in [-0.1, -0.05) is 71.0 Å². The Kier molecular flexibility index (Phi) is 6.89. The molecular formula is C20H24Cl2OSi2. The van der Waals surface area contributed by atoms with Crippen molar-refractivity contribution in [2.45, 2.75) is 26.2 Å². The summed E-state index contributed by atoms with van der Waals surface area (Å²) in [4.78, 5) is 0.